The van der Waals surface area contributed by atoms with E-state index in [-0.39, 0.29) is 17.4 Å². The van der Waals surface area contributed by atoms with Gasteiger partial charge in [-0.3, -0.25) is 14.7 Å². The van der Waals surface area contributed by atoms with E-state index in [1.807, 2.05) is 0 Å². The quantitative estimate of drug-likeness (QED) is 0.0425. The number of nitrogens with one attached hydrogen (secondary N) is 2. The summed E-state index contributed by atoms with van der Waals surface area (Å²) in [4.78, 5) is 12.9. The summed E-state index contributed by atoms with van der Waals surface area (Å²) in [5.74, 6) is 0.358. The van der Waals surface area contributed by atoms with Crippen LogP contribution in [0.2, 0.25) is 0 Å². The summed E-state index contributed by atoms with van der Waals surface area (Å²) in [6.45, 7) is 12.0. The van der Waals surface area contributed by atoms with E-state index in [4.69, 9.17) is 0 Å². The average Bonchev–Trinajstić information content (AvgIpc) is 3.61. The molecule has 0 aromatic heterocycles. The van der Waals surface area contributed by atoms with Gasteiger partial charge in [-0.2, -0.15) is 0 Å². The average molecular weight is 643 g/mol. The fraction of sp³-hybridized carbons (Fsp3) is 0.857. The molecule has 268 valence electrons. The molecule has 1 aliphatic rings. The minimum atomic E-state index is 0.111. The van der Waals surface area contributed by atoms with Gasteiger partial charge in [-0.15, -0.1) is 0 Å². The molecule has 0 aromatic rings. The topological polar surface area (TPSA) is 44.1 Å². The predicted octanol–water partition coefficient (Wildman–Crippen LogP) is 11.8. The van der Waals surface area contributed by atoms with Crippen LogP contribution in [0.1, 0.15) is 201 Å². The molecule has 4 heteroatoms. The number of unbranched alkanes of at least 4 members (excludes halogenated alkanes) is 20. The van der Waals surface area contributed by atoms with Gasteiger partial charge in [0.25, 0.3) is 0 Å². The van der Waals surface area contributed by atoms with Crippen LogP contribution in [0, 0.1) is 5.92 Å². The SMILES string of the molecule is CCCCCCCC/C=C\CCCCCCC(C)C(=O)NCCC(C)(CCCCCC/C=C\CCCCCCCC)[N+]1=CNCC1. The number of rotatable bonds is 33. The molecule has 0 bridgehead atoms. The number of amides is 1. The van der Waals surface area contributed by atoms with E-state index in [0.717, 1.165) is 38.9 Å². The summed E-state index contributed by atoms with van der Waals surface area (Å²) in [7, 11) is 0. The van der Waals surface area contributed by atoms with Gasteiger partial charge in [-0.1, -0.05) is 141 Å². The summed E-state index contributed by atoms with van der Waals surface area (Å²) >= 11 is 0. The van der Waals surface area contributed by atoms with Crippen LogP contribution in [-0.2, 0) is 4.79 Å². The fourth-order valence-corrected chi connectivity index (χ4v) is 6.77. The molecular weight excluding hydrogens is 562 g/mol. The minimum Gasteiger partial charge on any atom is -0.356 e. The molecule has 0 fully saturated rings. The highest BCUT2D eigenvalue weighted by molar-refractivity contribution is 5.78. The van der Waals surface area contributed by atoms with Crippen molar-refractivity contribution in [2.24, 2.45) is 5.92 Å². The second kappa shape index (κ2) is 30.7. The Morgan fingerprint density at radius 1 is 0.696 bits per heavy atom. The monoisotopic (exact) mass is 643 g/mol. The molecule has 0 saturated heterocycles. The Morgan fingerprint density at radius 2 is 1.15 bits per heavy atom. The van der Waals surface area contributed by atoms with E-state index >= 15 is 0 Å². The lowest BCUT2D eigenvalue weighted by atomic mass is 9.89. The van der Waals surface area contributed by atoms with E-state index in [9.17, 15) is 4.79 Å². The van der Waals surface area contributed by atoms with Crippen molar-refractivity contribution in [3.05, 3.63) is 24.3 Å². The fourth-order valence-electron chi connectivity index (χ4n) is 6.77. The van der Waals surface area contributed by atoms with Crippen molar-refractivity contribution in [2.45, 2.75) is 207 Å². The van der Waals surface area contributed by atoms with E-state index in [1.165, 1.54) is 154 Å². The van der Waals surface area contributed by atoms with Crippen LogP contribution in [-0.4, -0.2) is 42.0 Å². The molecule has 2 N–H and O–H groups in total. The smallest absolute Gasteiger partial charge is 0.232 e. The Kier molecular flexibility index (Phi) is 28.4. The molecule has 0 radical (unpaired) electrons. The molecule has 1 rings (SSSR count). The Labute approximate surface area is 288 Å². The van der Waals surface area contributed by atoms with E-state index in [0.29, 0.717) is 0 Å². The van der Waals surface area contributed by atoms with Gasteiger partial charge in [0.05, 0.1) is 0 Å². The standard InChI is InChI=1S/C42H79N3O/c1-5-7-9-11-13-15-17-19-21-23-25-27-29-31-33-40(3)41(46)44-36-35-42(4,45-38-37-43-39-45)34-32-30-28-26-24-22-20-18-16-14-12-10-8-6-2/h19-22,39-40H,5-18,23-38H2,1-4H3,(H,44,46)/p+1/b21-19-,22-20-. The van der Waals surface area contributed by atoms with Crippen molar-refractivity contribution in [3.8, 4) is 0 Å². The van der Waals surface area contributed by atoms with Crippen LogP contribution < -0.4 is 10.6 Å². The van der Waals surface area contributed by atoms with E-state index in [1.54, 1.807) is 0 Å². The van der Waals surface area contributed by atoms with Gasteiger partial charge in [0.15, 0.2) is 0 Å². The van der Waals surface area contributed by atoms with Crippen LogP contribution in [0.3, 0.4) is 0 Å². The first-order valence-electron chi connectivity index (χ1n) is 20.4. The zero-order chi connectivity index (χ0) is 33.4. The Hall–Kier alpha value is -1.58. The van der Waals surface area contributed by atoms with Crippen molar-refractivity contribution in [2.75, 3.05) is 19.6 Å². The Bertz CT molecular complexity index is 788. The summed E-state index contributed by atoms with van der Waals surface area (Å²) in [5, 5.41) is 6.71. The first-order chi connectivity index (χ1) is 22.5. The zero-order valence-corrected chi connectivity index (χ0v) is 31.5. The molecule has 1 aliphatic heterocycles. The molecule has 0 aliphatic carbocycles. The van der Waals surface area contributed by atoms with E-state index < -0.39 is 0 Å². The van der Waals surface area contributed by atoms with Crippen LogP contribution >= 0.6 is 0 Å². The van der Waals surface area contributed by atoms with Gasteiger partial charge < -0.3 is 5.32 Å². The summed E-state index contributed by atoms with van der Waals surface area (Å²) in [6.07, 6.45) is 46.8. The second-order valence-electron chi connectivity index (χ2n) is 14.7. The number of nitrogens with zero attached hydrogens (tertiary/aromatic N) is 1. The Morgan fingerprint density at radius 3 is 1.63 bits per heavy atom. The normalized spacial score (nSPS) is 15.3. The van der Waals surface area contributed by atoms with Crippen LogP contribution in [0.15, 0.2) is 24.3 Å². The minimum absolute atomic E-state index is 0.111. The molecule has 0 aromatic carbocycles. The third kappa shape index (κ3) is 23.7. The largest absolute Gasteiger partial charge is 0.356 e. The highest BCUT2D eigenvalue weighted by Crippen LogP contribution is 2.24. The second-order valence-corrected chi connectivity index (χ2v) is 14.7. The lowest BCUT2D eigenvalue weighted by molar-refractivity contribution is -0.595. The Balaban J connectivity index is 2.13. The first kappa shape index (κ1) is 42.4. The third-order valence-electron chi connectivity index (χ3n) is 10.2. The third-order valence-corrected chi connectivity index (χ3v) is 10.2. The summed E-state index contributed by atoms with van der Waals surface area (Å²) < 4.78 is 2.50. The van der Waals surface area contributed by atoms with Gasteiger partial charge in [0.1, 0.15) is 18.6 Å². The van der Waals surface area contributed by atoms with Gasteiger partial charge in [-0.25, -0.2) is 0 Å². The van der Waals surface area contributed by atoms with Gasteiger partial charge in [0, 0.05) is 18.9 Å². The molecule has 1 amide bonds. The van der Waals surface area contributed by atoms with E-state index in [2.05, 4.69) is 73.5 Å². The van der Waals surface area contributed by atoms with Crippen molar-refractivity contribution < 1.29 is 9.37 Å². The van der Waals surface area contributed by atoms with Crippen molar-refractivity contribution >= 4 is 12.2 Å². The van der Waals surface area contributed by atoms with Crippen LogP contribution in [0.25, 0.3) is 0 Å². The maximum absolute atomic E-state index is 12.9. The summed E-state index contributed by atoms with van der Waals surface area (Å²) in [6, 6.07) is 0. The molecule has 4 nitrogen and oxygen atoms in total. The summed E-state index contributed by atoms with van der Waals surface area (Å²) in [5.41, 5.74) is 0.111. The number of hydrogen-bond acceptors (Lipinski definition) is 2. The van der Waals surface area contributed by atoms with Crippen LogP contribution in [0.5, 0.6) is 0 Å². The first-order valence-corrected chi connectivity index (χ1v) is 20.4. The molecule has 0 saturated carbocycles. The van der Waals surface area contributed by atoms with Gasteiger partial charge in [-0.05, 0) is 77.6 Å². The number of carbonyl (C=O) groups excluding carboxylic acids is 1. The highest BCUT2D eigenvalue weighted by atomic mass is 16.1. The molecule has 46 heavy (non-hydrogen) atoms. The molecule has 2 atom stereocenters. The lowest BCUT2D eigenvalue weighted by Gasteiger charge is -2.29. The molecule has 2 unspecified atom stereocenters. The molecule has 1 heterocycles. The highest BCUT2D eigenvalue weighted by Gasteiger charge is 2.33. The van der Waals surface area contributed by atoms with Crippen molar-refractivity contribution in [1.82, 2.24) is 10.6 Å². The lowest BCUT2D eigenvalue weighted by Crippen LogP contribution is -2.43. The van der Waals surface area contributed by atoms with Crippen molar-refractivity contribution in [3.63, 3.8) is 0 Å². The van der Waals surface area contributed by atoms with Crippen LogP contribution in [0.4, 0.5) is 0 Å². The molecule has 0 spiro atoms. The number of hydrogen-bond donors (Lipinski definition) is 2. The van der Waals surface area contributed by atoms with Crippen molar-refractivity contribution in [1.29, 1.82) is 0 Å². The van der Waals surface area contributed by atoms with Gasteiger partial charge >= 0.3 is 0 Å². The predicted molar refractivity (Wildman–Crippen MR) is 204 cm³/mol. The van der Waals surface area contributed by atoms with Gasteiger partial charge in [0.2, 0.25) is 12.2 Å². The maximum atomic E-state index is 12.9. The maximum Gasteiger partial charge on any atom is 0.232 e. The number of allylic oxidation sites excluding steroid dienone is 4. The number of carbonyl (C=O) groups is 1. The molecular formula is C42H80N3O+. The zero-order valence-electron chi connectivity index (χ0n) is 31.5.